The van der Waals surface area contributed by atoms with Gasteiger partial charge in [-0.3, -0.25) is 9.59 Å². The van der Waals surface area contributed by atoms with Gasteiger partial charge in [0, 0.05) is 25.5 Å². The number of rotatable bonds is 4. The predicted molar refractivity (Wildman–Crippen MR) is 85.4 cm³/mol. The van der Waals surface area contributed by atoms with Crippen LogP contribution in [-0.4, -0.2) is 17.0 Å². The summed E-state index contributed by atoms with van der Waals surface area (Å²) in [7, 11) is 1.80. The fraction of sp³-hybridized carbons (Fsp3) is 0.375. The summed E-state index contributed by atoms with van der Waals surface area (Å²) in [6.07, 6.45) is 2.44. The van der Waals surface area contributed by atoms with Crippen molar-refractivity contribution in [1.29, 1.82) is 0 Å². The molecule has 1 aromatic heterocycles. The van der Waals surface area contributed by atoms with Gasteiger partial charge in [-0.15, -0.1) is 0 Å². The first kappa shape index (κ1) is 15.1. The molecule has 0 radical (unpaired) electrons. The van der Waals surface area contributed by atoms with Gasteiger partial charge in [0.05, 0.1) is 10.9 Å². The van der Waals surface area contributed by atoms with E-state index < -0.39 is 0 Å². The molecule has 0 aliphatic heterocycles. The second kappa shape index (κ2) is 5.99. The van der Waals surface area contributed by atoms with Crippen molar-refractivity contribution in [3.8, 4) is 0 Å². The van der Waals surface area contributed by atoms with Gasteiger partial charge in [0.2, 0.25) is 5.43 Å². The molecule has 0 saturated heterocycles. The molecule has 0 aliphatic rings. The maximum atomic E-state index is 12.5. The smallest absolute Gasteiger partial charge is 0.256 e. The van der Waals surface area contributed by atoms with Crippen molar-refractivity contribution in [3.63, 3.8) is 0 Å². The van der Waals surface area contributed by atoms with Crippen molar-refractivity contribution in [2.75, 3.05) is 12.3 Å². The van der Waals surface area contributed by atoms with Gasteiger partial charge in [0.15, 0.2) is 0 Å². The third-order valence-electron chi connectivity index (χ3n) is 3.50. The molecule has 0 atom stereocenters. The SMILES string of the molecule is CC(C)CCNC(=O)c1cn(C)c2cccc(N)c2c1=O. The van der Waals surface area contributed by atoms with Crippen LogP contribution < -0.4 is 16.5 Å². The fourth-order valence-corrected chi connectivity index (χ4v) is 2.29. The molecular weight excluding hydrogens is 266 g/mol. The number of carbonyl (C=O) groups is 1. The number of nitrogens with one attached hydrogen (secondary N) is 1. The lowest BCUT2D eigenvalue weighted by Crippen LogP contribution is -2.31. The highest BCUT2D eigenvalue weighted by Crippen LogP contribution is 2.17. The maximum Gasteiger partial charge on any atom is 0.256 e. The van der Waals surface area contributed by atoms with Crippen molar-refractivity contribution >= 4 is 22.5 Å². The molecule has 5 heteroatoms. The lowest BCUT2D eigenvalue weighted by atomic mass is 10.1. The predicted octanol–water partition coefficient (Wildman–Crippen LogP) is 1.90. The molecule has 0 fully saturated rings. The molecule has 0 saturated carbocycles. The Balaban J connectivity index is 2.41. The largest absolute Gasteiger partial charge is 0.398 e. The first-order chi connectivity index (χ1) is 9.91. The van der Waals surface area contributed by atoms with Crippen LogP contribution in [0.5, 0.6) is 0 Å². The summed E-state index contributed by atoms with van der Waals surface area (Å²) in [5.41, 5.74) is 6.82. The number of nitrogen functional groups attached to an aromatic ring is 1. The van der Waals surface area contributed by atoms with E-state index in [1.54, 1.807) is 29.9 Å². The summed E-state index contributed by atoms with van der Waals surface area (Å²) in [6, 6.07) is 5.28. The van der Waals surface area contributed by atoms with Crippen LogP contribution in [0.2, 0.25) is 0 Å². The number of fused-ring (bicyclic) bond motifs is 1. The Hall–Kier alpha value is -2.30. The number of aryl methyl sites for hydroxylation is 1. The van der Waals surface area contributed by atoms with Gasteiger partial charge in [-0.2, -0.15) is 0 Å². The molecule has 3 N–H and O–H groups in total. The van der Waals surface area contributed by atoms with E-state index in [-0.39, 0.29) is 16.9 Å². The van der Waals surface area contributed by atoms with Gasteiger partial charge in [0.1, 0.15) is 5.56 Å². The fourth-order valence-electron chi connectivity index (χ4n) is 2.29. The van der Waals surface area contributed by atoms with E-state index in [0.717, 1.165) is 11.9 Å². The number of hydrogen-bond donors (Lipinski definition) is 2. The second-order valence-electron chi connectivity index (χ2n) is 5.66. The first-order valence-corrected chi connectivity index (χ1v) is 7.08. The van der Waals surface area contributed by atoms with Crippen LogP contribution in [-0.2, 0) is 7.05 Å². The lowest BCUT2D eigenvalue weighted by Gasteiger charge is -2.11. The van der Waals surface area contributed by atoms with E-state index in [2.05, 4.69) is 19.2 Å². The molecule has 1 heterocycles. The number of pyridine rings is 1. The summed E-state index contributed by atoms with van der Waals surface area (Å²) in [6.45, 7) is 4.73. The molecule has 0 bridgehead atoms. The number of aromatic nitrogens is 1. The Labute approximate surface area is 123 Å². The molecule has 1 aromatic carbocycles. The lowest BCUT2D eigenvalue weighted by molar-refractivity contribution is 0.0950. The molecule has 0 spiro atoms. The zero-order valence-electron chi connectivity index (χ0n) is 12.6. The van der Waals surface area contributed by atoms with Crippen molar-refractivity contribution in [1.82, 2.24) is 9.88 Å². The van der Waals surface area contributed by atoms with Gasteiger partial charge in [0.25, 0.3) is 5.91 Å². The van der Waals surface area contributed by atoms with E-state index in [0.29, 0.717) is 23.5 Å². The number of amides is 1. The van der Waals surface area contributed by atoms with Crippen LogP contribution in [0.25, 0.3) is 10.9 Å². The van der Waals surface area contributed by atoms with Crippen LogP contribution in [0, 0.1) is 5.92 Å². The molecule has 2 rings (SSSR count). The standard InChI is InChI=1S/C16H21N3O2/c1-10(2)7-8-18-16(21)11-9-19(3)13-6-4-5-12(17)14(13)15(11)20/h4-6,9-10H,7-8,17H2,1-3H3,(H,18,21). The number of benzene rings is 1. The molecule has 21 heavy (non-hydrogen) atoms. The number of hydrogen-bond acceptors (Lipinski definition) is 3. The van der Waals surface area contributed by atoms with Crippen LogP contribution >= 0.6 is 0 Å². The third-order valence-corrected chi connectivity index (χ3v) is 3.50. The summed E-state index contributed by atoms with van der Waals surface area (Å²) < 4.78 is 1.75. The van der Waals surface area contributed by atoms with Gasteiger partial charge >= 0.3 is 0 Å². The Kier molecular flexibility index (Phi) is 4.31. The van der Waals surface area contributed by atoms with Crippen LogP contribution in [0.4, 0.5) is 5.69 Å². The van der Waals surface area contributed by atoms with E-state index in [4.69, 9.17) is 5.73 Å². The molecule has 1 amide bonds. The van der Waals surface area contributed by atoms with Crippen LogP contribution in [0.15, 0.2) is 29.2 Å². The topological polar surface area (TPSA) is 77.1 Å². The second-order valence-corrected chi connectivity index (χ2v) is 5.66. The zero-order valence-corrected chi connectivity index (χ0v) is 12.6. The minimum absolute atomic E-state index is 0.131. The highest BCUT2D eigenvalue weighted by Gasteiger charge is 2.15. The summed E-state index contributed by atoms with van der Waals surface area (Å²) >= 11 is 0. The van der Waals surface area contributed by atoms with Gasteiger partial charge in [-0.25, -0.2) is 0 Å². The quantitative estimate of drug-likeness (QED) is 0.843. The molecule has 2 aromatic rings. The van der Waals surface area contributed by atoms with E-state index in [1.807, 2.05) is 6.07 Å². The van der Waals surface area contributed by atoms with Crippen molar-refractivity contribution in [2.45, 2.75) is 20.3 Å². The Morgan fingerprint density at radius 3 is 2.76 bits per heavy atom. The average Bonchev–Trinajstić information content (AvgIpc) is 2.42. The molecule has 0 aliphatic carbocycles. The molecule has 5 nitrogen and oxygen atoms in total. The number of anilines is 1. The molecule has 0 unspecified atom stereocenters. The minimum Gasteiger partial charge on any atom is -0.398 e. The summed E-state index contributed by atoms with van der Waals surface area (Å²) in [5, 5.41) is 3.19. The van der Waals surface area contributed by atoms with E-state index in [1.165, 1.54) is 0 Å². The van der Waals surface area contributed by atoms with Crippen molar-refractivity contribution < 1.29 is 4.79 Å². The Morgan fingerprint density at radius 2 is 2.10 bits per heavy atom. The van der Waals surface area contributed by atoms with Gasteiger partial charge in [-0.1, -0.05) is 19.9 Å². The number of nitrogens with two attached hydrogens (primary N) is 1. The summed E-state index contributed by atoms with van der Waals surface area (Å²) in [4.78, 5) is 24.7. The highest BCUT2D eigenvalue weighted by molar-refractivity contribution is 6.00. The average molecular weight is 287 g/mol. The minimum atomic E-state index is -0.346. The Morgan fingerprint density at radius 1 is 1.38 bits per heavy atom. The molecular formula is C16H21N3O2. The van der Waals surface area contributed by atoms with Gasteiger partial charge in [-0.05, 0) is 24.5 Å². The number of nitrogens with zero attached hydrogens (tertiary/aromatic N) is 1. The van der Waals surface area contributed by atoms with Gasteiger partial charge < -0.3 is 15.6 Å². The Bertz CT molecular complexity index is 732. The highest BCUT2D eigenvalue weighted by atomic mass is 16.2. The zero-order chi connectivity index (χ0) is 15.6. The molecule has 112 valence electrons. The third kappa shape index (κ3) is 3.07. The van der Waals surface area contributed by atoms with Crippen LogP contribution in [0.3, 0.4) is 0 Å². The monoisotopic (exact) mass is 287 g/mol. The first-order valence-electron chi connectivity index (χ1n) is 7.08. The van der Waals surface area contributed by atoms with E-state index in [9.17, 15) is 9.59 Å². The van der Waals surface area contributed by atoms with E-state index >= 15 is 0 Å². The normalized spacial score (nSPS) is 11.0. The van der Waals surface area contributed by atoms with Crippen molar-refractivity contribution in [2.24, 2.45) is 13.0 Å². The summed E-state index contributed by atoms with van der Waals surface area (Å²) in [5.74, 6) is 0.154. The van der Waals surface area contributed by atoms with Crippen molar-refractivity contribution in [3.05, 3.63) is 40.2 Å². The maximum absolute atomic E-state index is 12.5. The number of carbonyl (C=O) groups excluding carboxylic acids is 1. The van der Waals surface area contributed by atoms with Crippen LogP contribution in [0.1, 0.15) is 30.6 Å².